The predicted molar refractivity (Wildman–Crippen MR) is 114 cm³/mol. The predicted octanol–water partition coefficient (Wildman–Crippen LogP) is 4.53. The Kier molecular flexibility index (Phi) is 6.36. The van der Waals surface area contributed by atoms with Crippen molar-refractivity contribution in [3.63, 3.8) is 0 Å². The van der Waals surface area contributed by atoms with Gasteiger partial charge in [-0.15, -0.1) is 0 Å². The van der Waals surface area contributed by atoms with E-state index in [1.54, 1.807) is 36.4 Å². The first kappa shape index (κ1) is 20.2. The van der Waals surface area contributed by atoms with Crippen LogP contribution in [0.2, 0.25) is 0 Å². The molecule has 3 aromatic rings. The number of nitrogens with one attached hydrogen (secondary N) is 3. The van der Waals surface area contributed by atoms with Crippen molar-refractivity contribution in [3.05, 3.63) is 78.9 Å². The zero-order valence-corrected chi connectivity index (χ0v) is 16.6. The molecule has 29 heavy (non-hydrogen) atoms. The highest BCUT2D eigenvalue weighted by molar-refractivity contribution is 7.92. The van der Waals surface area contributed by atoms with E-state index in [0.717, 1.165) is 0 Å². The number of amides is 2. The normalized spacial score (nSPS) is 10.8. The van der Waals surface area contributed by atoms with Crippen LogP contribution < -0.4 is 20.1 Å². The monoisotopic (exact) mass is 411 g/mol. The Balaban J connectivity index is 1.62. The van der Waals surface area contributed by atoms with Crippen LogP contribution in [0.25, 0.3) is 0 Å². The van der Waals surface area contributed by atoms with Gasteiger partial charge in [-0.3, -0.25) is 4.72 Å². The van der Waals surface area contributed by atoms with Gasteiger partial charge in [0.05, 0.1) is 11.5 Å². The molecular weight excluding hydrogens is 390 g/mol. The van der Waals surface area contributed by atoms with Gasteiger partial charge in [-0.1, -0.05) is 18.2 Å². The number of urea groups is 1. The maximum absolute atomic E-state index is 12.5. The lowest BCUT2D eigenvalue weighted by Gasteiger charge is -2.11. The second kappa shape index (κ2) is 9.11. The number of carbonyl (C=O) groups is 1. The van der Waals surface area contributed by atoms with Gasteiger partial charge in [-0.25, -0.2) is 13.2 Å². The first-order valence-corrected chi connectivity index (χ1v) is 10.4. The van der Waals surface area contributed by atoms with E-state index >= 15 is 0 Å². The largest absolute Gasteiger partial charge is 0.494 e. The first-order valence-electron chi connectivity index (χ1n) is 8.95. The Labute approximate surface area is 169 Å². The van der Waals surface area contributed by atoms with Crippen LogP contribution in [0.5, 0.6) is 5.75 Å². The average molecular weight is 411 g/mol. The lowest BCUT2D eigenvalue weighted by atomic mass is 10.3. The van der Waals surface area contributed by atoms with Crippen molar-refractivity contribution in [3.8, 4) is 5.75 Å². The molecular formula is C21H21N3O4S. The van der Waals surface area contributed by atoms with Crippen LogP contribution in [-0.4, -0.2) is 21.1 Å². The highest BCUT2D eigenvalue weighted by atomic mass is 32.2. The number of anilines is 3. The summed E-state index contributed by atoms with van der Waals surface area (Å²) in [5.74, 6) is 0.666. The number of hydrogen-bond donors (Lipinski definition) is 3. The standard InChI is InChI=1S/C21H21N3O4S/c1-2-28-19-12-8-18(9-13-19)24-29(26,27)20-14-10-17(11-15-20)23-21(25)22-16-6-4-3-5-7-16/h3-15,24H,2H2,1H3,(H2,22,23,25). The Morgan fingerprint density at radius 3 is 1.93 bits per heavy atom. The molecule has 0 atom stereocenters. The topological polar surface area (TPSA) is 96.5 Å². The Morgan fingerprint density at radius 1 is 0.793 bits per heavy atom. The SMILES string of the molecule is CCOc1ccc(NS(=O)(=O)c2ccc(NC(=O)Nc3ccccc3)cc2)cc1. The maximum atomic E-state index is 12.5. The van der Waals surface area contributed by atoms with Gasteiger partial charge >= 0.3 is 6.03 Å². The number of para-hydroxylation sites is 1. The van der Waals surface area contributed by atoms with Crippen LogP contribution in [0.3, 0.4) is 0 Å². The molecule has 8 heteroatoms. The third-order valence-electron chi connectivity index (χ3n) is 3.87. The van der Waals surface area contributed by atoms with E-state index < -0.39 is 16.1 Å². The van der Waals surface area contributed by atoms with Crippen molar-refractivity contribution in [1.29, 1.82) is 0 Å². The van der Waals surface area contributed by atoms with E-state index in [1.807, 2.05) is 25.1 Å². The third kappa shape index (κ3) is 5.73. The average Bonchev–Trinajstić information content (AvgIpc) is 2.70. The fraction of sp³-hybridized carbons (Fsp3) is 0.0952. The summed E-state index contributed by atoms with van der Waals surface area (Å²) in [6, 6.07) is 21.1. The summed E-state index contributed by atoms with van der Waals surface area (Å²) in [6.07, 6.45) is 0. The van der Waals surface area contributed by atoms with Crippen LogP contribution in [-0.2, 0) is 10.0 Å². The van der Waals surface area contributed by atoms with Gasteiger partial charge in [0.15, 0.2) is 0 Å². The van der Waals surface area contributed by atoms with E-state index in [-0.39, 0.29) is 4.90 Å². The lowest BCUT2D eigenvalue weighted by Crippen LogP contribution is -2.19. The summed E-state index contributed by atoms with van der Waals surface area (Å²) in [5.41, 5.74) is 1.56. The molecule has 7 nitrogen and oxygen atoms in total. The Morgan fingerprint density at radius 2 is 1.34 bits per heavy atom. The molecule has 3 aromatic carbocycles. The van der Waals surface area contributed by atoms with Crippen molar-refractivity contribution in [2.75, 3.05) is 22.0 Å². The van der Waals surface area contributed by atoms with Crippen molar-refractivity contribution in [2.45, 2.75) is 11.8 Å². The fourth-order valence-corrected chi connectivity index (χ4v) is 3.59. The van der Waals surface area contributed by atoms with Crippen LogP contribution in [0.15, 0.2) is 83.8 Å². The Bertz CT molecular complexity index is 1050. The minimum absolute atomic E-state index is 0.0837. The molecule has 0 spiro atoms. The van der Waals surface area contributed by atoms with Crippen molar-refractivity contribution in [2.24, 2.45) is 0 Å². The van der Waals surface area contributed by atoms with E-state index in [0.29, 0.717) is 29.4 Å². The number of hydrogen-bond acceptors (Lipinski definition) is 4. The summed E-state index contributed by atoms with van der Waals surface area (Å²) in [7, 11) is -3.75. The van der Waals surface area contributed by atoms with Crippen LogP contribution in [0, 0.1) is 0 Å². The van der Waals surface area contributed by atoms with Crippen molar-refractivity contribution < 1.29 is 17.9 Å². The number of sulfonamides is 1. The second-order valence-electron chi connectivity index (χ2n) is 6.03. The molecule has 0 aliphatic heterocycles. The zero-order valence-electron chi connectivity index (χ0n) is 15.8. The van der Waals surface area contributed by atoms with Crippen LogP contribution in [0.4, 0.5) is 21.9 Å². The molecule has 3 rings (SSSR count). The van der Waals surface area contributed by atoms with Gasteiger partial charge in [0, 0.05) is 17.1 Å². The summed E-state index contributed by atoms with van der Waals surface area (Å²) >= 11 is 0. The minimum atomic E-state index is -3.75. The molecule has 3 N–H and O–H groups in total. The molecule has 0 saturated carbocycles. The number of rotatable bonds is 7. The lowest BCUT2D eigenvalue weighted by molar-refractivity contribution is 0.262. The molecule has 0 bridgehead atoms. The molecule has 0 aliphatic carbocycles. The highest BCUT2D eigenvalue weighted by Crippen LogP contribution is 2.21. The third-order valence-corrected chi connectivity index (χ3v) is 5.27. The van der Waals surface area contributed by atoms with E-state index in [1.165, 1.54) is 24.3 Å². The first-order chi connectivity index (χ1) is 14.0. The van der Waals surface area contributed by atoms with E-state index in [2.05, 4.69) is 15.4 Å². The second-order valence-corrected chi connectivity index (χ2v) is 7.71. The van der Waals surface area contributed by atoms with Gasteiger partial charge in [0.25, 0.3) is 10.0 Å². The number of benzene rings is 3. The smallest absolute Gasteiger partial charge is 0.323 e. The van der Waals surface area contributed by atoms with Gasteiger partial charge in [0.2, 0.25) is 0 Å². The van der Waals surface area contributed by atoms with Gasteiger partial charge in [-0.2, -0.15) is 0 Å². The number of carbonyl (C=O) groups excluding carboxylic acids is 1. The van der Waals surface area contributed by atoms with Gasteiger partial charge < -0.3 is 15.4 Å². The van der Waals surface area contributed by atoms with Crippen LogP contribution in [0.1, 0.15) is 6.92 Å². The summed E-state index contributed by atoms with van der Waals surface area (Å²) < 4.78 is 32.9. The molecule has 0 heterocycles. The molecule has 2 amide bonds. The minimum Gasteiger partial charge on any atom is -0.494 e. The Hall–Kier alpha value is -3.52. The summed E-state index contributed by atoms with van der Waals surface area (Å²) in [6.45, 7) is 2.41. The molecule has 0 aliphatic rings. The molecule has 0 radical (unpaired) electrons. The van der Waals surface area contributed by atoms with Gasteiger partial charge in [0.1, 0.15) is 5.75 Å². The molecule has 0 aromatic heterocycles. The number of ether oxygens (including phenoxy) is 1. The van der Waals surface area contributed by atoms with E-state index in [9.17, 15) is 13.2 Å². The molecule has 0 unspecified atom stereocenters. The molecule has 0 fully saturated rings. The fourth-order valence-electron chi connectivity index (χ4n) is 2.53. The van der Waals surface area contributed by atoms with E-state index in [4.69, 9.17) is 4.74 Å². The maximum Gasteiger partial charge on any atom is 0.323 e. The van der Waals surface area contributed by atoms with Crippen molar-refractivity contribution in [1.82, 2.24) is 0 Å². The van der Waals surface area contributed by atoms with Crippen LogP contribution >= 0.6 is 0 Å². The summed E-state index contributed by atoms with van der Waals surface area (Å²) in [5, 5.41) is 5.35. The molecule has 150 valence electrons. The highest BCUT2D eigenvalue weighted by Gasteiger charge is 2.14. The zero-order chi connectivity index (χ0) is 20.7. The van der Waals surface area contributed by atoms with Crippen molar-refractivity contribution >= 4 is 33.1 Å². The molecule has 0 saturated heterocycles. The van der Waals surface area contributed by atoms with Gasteiger partial charge in [-0.05, 0) is 67.6 Å². The quantitative estimate of drug-likeness (QED) is 0.532. The summed E-state index contributed by atoms with van der Waals surface area (Å²) in [4.78, 5) is 12.1.